The number of ether oxygens (including phenoxy) is 1. The zero-order valence-electron chi connectivity index (χ0n) is 12.0. The van der Waals surface area contributed by atoms with E-state index in [9.17, 15) is 14.0 Å². The predicted octanol–water partition coefficient (Wildman–Crippen LogP) is 1.57. The summed E-state index contributed by atoms with van der Waals surface area (Å²) in [5.74, 6) is -1.94. The van der Waals surface area contributed by atoms with E-state index in [0.29, 0.717) is 0 Å². The molecule has 2 N–H and O–H groups in total. The number of carbonyl (C=O) groups excluding carboxylic acids is 1. The zero-order chi connectivity index (χ0) is 15.8. The molecule has 1 atom stereocenters. The minimum atomic E-state index is -0.961. The fraction of sp³-hybridized carbons (Fsp3) is 0.429. The Morgan fingerprint density at radius 2 is 2.10 bits per heavy atom. The predicted molar refractivity (Wildman–Crippen MR) is 74.7 cm³/mol. The number of hydrogen-bond acceptors (Lipinski definition) is 3. The van der Waals surface area contributed by atoms with Gasteiger partial charge < -0.3 is 20.1 Å². The second-order valence-electron chi connectivity index (χ2n) is 4.63. The molecule has 0 aliphatic heterocycles. The van der Waals surface area contributed by atoms with Crippen LogP contribution >= 0.6 is 0 Å². The summed E-state index contributed by atoms with van der Waals surface area (Å²) in [7, 11) is 1.51. The molecule has 0 saturated carbocycles. The lowest BCUT2D eigenvalue weighted by molar-refractivity contribution is -0.141. The molecule has 0 bridgehead atoms. The van der Waals surface area contributed by atoms with Gasteiger partial charge in [0, 0.05) is 13.6 Å². The third kappa shape index (κ3) is 5.68. The van der Waals surface area contributed by atoms with E-state index in [1.54, 1.807) is 12.1 Å². The first-order chi connectivity index (χ1) is 9.91. The summed E-state index contributed by atoms with van der Waals surface area (Å²) in [6, 6.07) is 5.59. The Balaban J connectivity index is 2.27. The van der Waals surface area contributed by atoms with Crippen LogP contribution < -0.4 is 10.1 Å². The minimum absolute atomic E-state index is 0.106. The van der Waals surface area contributed by atoms with Gasteiger partial charge in [-0.15, -0.1) is 0 Å². The smallest absolute Gasteiger partial charge is 0.317 e. The molecule has 0 spiro atoms. The lowest BCUT2D eigenvalue weighted by Gasteiger charge is -2.20. The van der Waals surface area contributed by atoms with E-state index < -0.39 is 23.7 Å². The van der Waals surface area contributed by atoms with Crippen molar-refractivity contribution in [1.82, 2.24) is 10.2 Å². The molecule has 0 aliphatic rings. The largest absolute Gasteiger partial charge is 0.489 e. The number of aliphatic carboxylic acids is 1. The van der Waals surface area contributed by atoms with E-state index in [2.05, 4.69) is 5.32 Å². The van der Waals surface area contributed by atoms with Gasteiger partial charge in [-0.3, -0.25) is 4.79 Å². The summed E-state index contributed by atoms with van der Waals surface area (Å²) in [6.07, 6.45) is 0. The third-order valence-corrected chi connectivity index (χ3v) is 2.79. The molecule has 2 amide bonds. The first-order valence-electron chi connectivity index (χ1n) is 6.51. The summed E-state index contributed by atoms with van der Waals surface area (Å²) < 4.78 is 18.4. The van der Waals surface area contributed by atoms with Crippen LogP contribution in [0.2, 0.25) is 0 Å². The van der Waals surface area contributed by atoms with Crippen molar-refractivity contribution in [1.29, 1.82) is 0 Å². The molecule has 6 nitrogen and oxygen atoms in total. The number of nitrogens with one attached hydrogen (secondary N) is 1. The second kappa shape index (κ2) is 8.08. The van der Waals surface area contributed by atoms with Crippen LogP contribution in [0.4, 0.5) is 9.18 Å². The highest BCUT2D eigenvalue weighted by molar-refractivity contribution is 5.75. The normalized spacial score (nSPS) is 11.6. The molecule has 0 aromatic heterocycles. The van der Waals surface area contributed by atoms with Crippen LogP contribution in [0.5, 0.6) is 5.75 Å². The molecular formula is C14H19FN2O4. The van der Waals surface area contributed by atoms with Crippen molar-refractivity contribution < 1.29 is 23.8 Å². The number of rotatable bonds is 7. The van der Waals surface area contributed by atoms with Crippen LogP contribution in [-0.2, 0) is 4.79 Å². The number of para-hydroxylation sites is 1. The van der Waals surface area contributed by atoms with Gasteiger partial charge >= 0.3 is 12.0 Å². The molecule has 1 aromatic carbocycles. The van der Waals surface area contributed by atoms with Crippen molar-refractivity contribution in [3.63, 3.8) is 0 Å². The van der Waals surface area contributed by atoms with E-state index in [1.807, 2.05) is 0 Å². The summed E-state index contributed by atoms with van der Waals surface area (Å²) in [5, 5.41) is 11.3. The average Bonchev–Trinajstić information content (AvgIpc) is 2.44. The van der Waals surface area contributed by atoms with Gasteiger partial charge in [0.15, 0.2) is 11.6 Å². The maximum atomic E-state index is 13.2. The van der Waals surface area contributed by atoms with Gasteiger partial charge in [0.25, 0.3) is 0 Å². The van der Waals surface area contributed by atoms with Crippen molar-refractivity contribution in [2.75, 3.05) is 26.7 Å². The molecule has 7 heteroatoms. The lowest BCUT2D eigenvalue weighted by atomic mass is 10.2. The molecule has 1 aromatic rings. The maximum absolute atomic E-state index is 13.2. The standard InChI is InChI=1S/C14H19FN2O4/c1-10(13(18)19)9-17(2)14(20)16-7-8-21-12-6-4-3-5-11(12)15/h3-6,10H,7-9H2,1-2H3,(H,16,20)(H,18,19). The Morgan fingerprint density at radius 1 is 1.43 bits per heavy atom. The summed E-state index contributed by atoms with van der Waals surface area (Å²) >= 11 is 0. The van der Waals surface area contributed by atoms with Gasteiger partial charge in [0.2, 0.25) is 0 Å². The van der Waals surface area contributed by atoms with Gasteiger partial charge in [-0.25, -0.2) is 9.18 Å². The Hall–Kier alpha value is -2.31. The molecule has 0 radical (unpaired) electrons. The Bertz CT molecular complexity index is 496. The van der Waals surface area contributed by atoms with Gasteiger partial charge in [-0.05, 0) is 12.1 Å². The SMILES string of the molecule is CC(CN(C)C(=O)NCCOc1ccccc1F)C(=O)O. The number of carboxylic acids is 1. The van der Waals surface area contributed by atoms with Gasteiger partial charge in [-0.1, -0.05) is 19.1 Å². The number of amides is 2. The zero-order valence-corrected chi connectivity index (χ0v) is 12.0. The Morgan fingerprint density at radius 3 is 2.71 bits per heavy atom. The Kier molecular flexibility index (Phi) is 6.45. The molecule has 0 heterocycles. The molecule has 1 unspecified atom stereocenters. The molecule has 1 rings (SSSR count). The highest BCUT2D eigenvalue weighted by atomic mass is 19.1. The summed E-state index contributed by atoms with van der Waals surface area (Å²) in [6.45, 7) is 1.94. The number of carboxylic acid groups (broad SMARTS) is 1. The van der Waals surface area contributed by atoms with Crippen molar-refractivity contribution in [3.05, 3.63) is 30.1 Å². The van der Waals surface area contributed by atoms with Crippen molar-refractivity contribution >= 4 is 12.0 Å². The molecule has 0 saturated heterocycles. The fourth-order valence-corrected chi connectivity index (χ4v) is 1.59. The fourth-order valence-electron chi connectivity index (χ4n) is 1.59. The van der Waals surface area contributed by atoms with Crippen molar-refractivity contribution in [3.8, 4) is 5.75 Å². The number of nitrogens with zero attached hydrogens (tertiary/aromatic N) is 1. The lowest BCUT2D eigenvalue weighted by Crippen LogP contribution is -2.42. The maximum Gasteiger partial charge on any atom is 0.317 e. The highest BCUT2D eigenvalue weighted by Gasteiger charge is 2.16. The average molecular weight is 298 g/mol. The van der Waals surface area contributed by atoms with Gasteiger partial charge in [0.1, 0.15) is 6.61 Å². The van der Waals surface area contributed by atoms with E-state index in [4.69, 9.17) is 9.84 Å². The molecular weight excluding hydrogens is 279 g/mol. The number of halogens is 1. The van der Waals surface area contributed by atoms with E-state index in [0.717, 1.165) is 0 Å². The number of benzene rings is 1. The third-order valence-electron chi connectivity index (χ3n) is 2.79. The summed E-state index contributed by atoms with van der Waals surface area (Å²) in [5.41, 5.74) is 0. The van der Waals surface area contributed by atoms with E-state index in [1.165, 1.54) is 31.0 Å². The van der Waals surface area contributed by atoms with E-state index in [-0.39, 0.29) is 25.4 Å². The van der Waals surface area contributed by atoms with Crippen LogP contribution in [0.15, 0.2) is 24.3 Å². The first kappa shape index (κ1) is 16.7. The second-order valence-corrected chi connectivity index (χ2v) is 4.63. The summed E-state index contributed by atoms with van der Waals surface area (Å²) in [4.78, 5) is 23.6. The molecule has 116 valence electrons. The van der Waals surface area contributed by atoms with Crippen LogP contribution in [0.1, 0.15) is 6.92 Å². The molecule has 21 heavy (non-hydrogen) atoms. The van der Waals surface area contributed by atoms with Gasteiger partial charge in [0.05, 0.1) is 12.5 Å². The topological polar surface area (TPSA) is 78.9 Å². The Labute approximate surface area is 122 Å². The van der Waals surface area contributed by atoms with Crippen LogP contribution in [0, 0.1) is 11.7 Å². The number of carbonyl (C=O) groups is 2. The van der Waals surface area contributed by atoms with Gasteiger partial charge in [-0.2, -0.15) is 0 Å². The van der Waals surface area contributed by atoms with Crippen LogP contribution in [-0.4, -0.2) is 48.8 Å². The minimum Gasteiger partial charge on any atom is -0.489 e. The van der Waals surface area contributed by atoms with Crippen molar-refractivity contribution in [2.45, 2.75) is 6.92 Å². The molecule has 0 aliphatic carbocycles. The van der Waals surface area contributed by atoms with Crippen molar-refractivity contribution in [2.24, 2.45) is 5.92 Å². The monoisotopic (exact) mass is 298 g/mol. The first-order valence-corrected chi connectivity index (χ1v) is 6.51. The number of hydrogen-bond donors (Lipinski definition) is 2. The van der Waals surface area contributed by atoms with Crippen LogP contribution in [0.25, 0.3) is 0 Å². The van der Waals surface area contributed by atoms with E-state index >= 15 is 0 Å². The highest BCUT2D eigenvalue weighted by Crippen LogP contribution is 2.14. The van der Waals surface area contributed by atoms with Crippen LogP contribution in [0.3, 0.4) is 0 Å². The quantitative estimate of drug-likeness (QED) is 0.749. The number of urea groups is 1. The molecule has 0 fully saturated rings.